The van der Waals surface area contributed by atoms with Crippen molar-refractivity contribution in [3.8, 4) is 0 Å². The van der Waals surface area contributed by atoms with E-state index in [-0.39, 0.29) is 29.5 Å². The van der Waals surface area contributed by atoms with Crippen LogP contribution in [0.25, 0.3) is 0 Å². The number of benzene rings is 1. The lowest BCUT2D eigenvalue weighted by Gasteiger charge is -2.30. The van der Waals surface area contributed by atoms with Gasteiger partial charge in [-0.05, 0) is 37.0 Å². The van der Waals surface area contributed by atoms with Gasteiger partial charge in [0.2, 0.25) is 20.0 Å². The summed E-state index contributed by atoms with van der Waals surface area (Å²) in [5, 5.41) is 2.61. The second-order valence-electron chi connectivity index (χ2n) is 6.46. The Labute approximate surface area is 159 Å². The molecule has 152 valence electrons. The van der Waals surface area contributed by atoms with Crippen molar-refractivity contribution >= 4 is 26.0 Å². The van der Waals surface area contributed by atoms with Crippen molar-refractivity contribution < 1.29 is 26.0 Å². The Balaban J connectivity index is 2.01. The van der Waals surface area contributed by atoms with Crippen LogP contribution in [-0.4, -0.2) is 59.5 Å². The number of nitrogens with zero attached hydrogens (tertiary/aromatic N) is 1. The third-order valence-corrected chi connectivity index (χ3v) is 7.27. The van der Waals surface area contributed by atoms with Crippen LogP contribution < -0.4 is 10.0 Å². The number of halogens is 1. The van der Waals surface area contributed by atoms with E-state index in [0.29, 0.717) is 25.9 Å². The molecule has 0 aliphatic carbocycles. The van der Waals surface area contributed by atoms with Crippen LogP contribution in [0.15, 0.2) is 23.1 Å². The molecule has 1 aliphatic rings. The van der Waals surface area contributed by atoms with E-state index in [1.54, 1.807) is 6.92 Å². The first-order chi connectivity index (χ1) is 12.5. The standard InChI is InChI=1S/C16H24FN3O5S2/c1-3-19-27(24,25)13-4-5-15(17)14(10-13)16(21)18-11-12-6-8-20(9-7-12)26(2,22)23/h4-5,10,12,19H,3,6-9,11H2,1-2H3,(H,18,21). The fourth-order valence-electron chi connectivity index (χ4n) is 2.90. The van der Waals surface area contributed by atoms with Crippen molar-refractivity contribution in [2.75, 3.05) is 32.4 Å². The fourth-order valence-corrected chi connectivity index (χ4v) is 4.84. The molecule has 0 atom stereocenters. The predicted octanol–water partition coefficient (Wildman–Crippen LogP) is 0.525. The Morgan fingerprint density at radius 1 is 1.22 bits per heavy atom. The van der Waals surface area contributed by atoms with E-state index >= 15 is 0 Å². The SMILES string of the molecule is CCNS(=O)(=O)c1ccc(F)c(C(=O)NCC2CCN(S(C)(=O)=O)CC2)c1. The Kier molecular flexibility index (Phi) is 6.95. The number of nitrogens with one attached hydrogen (secondary N) is 2. The molecule has 0 spiro atoms. The molecule has 1 aliphatic heterocycles. The summed E-state index contributed by atoms with van der Waals surface area (Å²) in [4.78, 5) is 12.1. The van der Waals surface area contributed by atoms with E-state index in [0.717, 1.165) is 24.5 Å². The lowest BCUT2D eigenvalue weighted by atomic mass is 9.98. The van der Waals surface area contributed by atoms with E-state index < -0.39 is 31.8 Å². The fraction of sp³-hybridized carbons (Fsp3) is 0.562. The summed E-state index contributed by atoms with van der Waals surface area (Å²) in [6.07, 6.45) is 2.33. The molecule has 1 heterocycles. The van der Waals surface area contributed by atoms with Gasteiger partial charge in [0.05, 0.1) is 16.7 Å². The van der Waals surface area contributed by atoms with Crippen molar-refractivity contribution in [3.63, 3.8) is 0 Å². The highest BCUT2D eigenvalue weighted by atomic mass is 32.2. The molecule has 1 saturated heterocycles. The Hall–Kier alpha value is -1.56. The van der Waals surface area contributed by atoms with Crippen LogP contribution in [0.4, 0.5) is 4.39 Å². The number of amides is 1. The highest BCUT2D eigenvalue weighted by Crippen LogP contribution is 2.19. The summed E-state index contributed by atoms with van der Waals surface area (Å²) in [5.41, 5.74) is -0.345. The van der Waals surface area contributed by atoms with Gasteiger partial charge in [0.1, 0.15) is 5.82 Å². The zero-order chi connectivity index (χ0) is 20.2. The van der Waals surface area contributed by atoms with Gasteiger partial charge in [-0.25, -0.2) is 30.3 Å². The predicted molar refractivity (Wildman–Crippen MR) is 98.7 cm³/mol. The summed E-state index contributed by atoms with van der Waals surface area (Å²) in [5.74, 6) is -1.44. The van der Waals surface area contributed by atoms with Gasteiger partial charge < -0.3 is 5.32 Å². The van der Waals surface area contributed by atoms with Gasteiger partial charge in [-0.1, -0.05) is 6.92 Å². The average Bonchev–Trinajstić information content (AvgIpc) is 2.59. The maximum absolute atomic E-state index is 14.0. The number of rotatable bonds is 7. The molecule has 2 N–H and O–H groups in total. The average molecular weight is 422 g/mol. The summed E-state index contributed by atoms with van der Waals surface area (Å²) in [6.45, 7) is 2.81. The third-order valence-electron chi connectivity index (χ3n) is 4.42. The number of sulfonamides is 2. The minimum Gasteiger partial charge on any atom is -0.352 e. The Morgan fingerprint density at radius 2 is 1.85 bits per heavy atom. The molecule has 1 aromatic rings. The molecular formula is C16H24FN3O5S2. The molecule has 1 fully saturated rings. The molecule has 11 heteroatoms. The zero-order valence-electron chi connectivity index (χ0n) is 15.2. The summed E-state index contributed by atoms with van der Waals surface area (Å²) < 4.78 is 64.7. The van der Waals surface area contributed by atoms with E-state index in [1.807, 2.05) is 0 Å². The Bertz CT molecular complexity index is 895. The molecule has 0 radical (unpaired) electrons. The zero-order valence-corrected chi connectivity index (χ0v) is 16.9. The molecule has 1 amide bonds. The molecule has 8 nitrogen and oxygen atoms in total. The molecule has 0 bridgehead atoms. The van der Waals surface area contributed by atoms with Crippen LogP contribution in [0.3, 0.4) is 0 Å². The second-order valence-corrected chi connectivity index (χ2v) is 10.2. The molecule has 0 unspecified atom stereocenters. The molecule has 1 aromatic carbocycles. The van der Waals surface area contributed by atoms with E-state index in [4.69, 9.17) is 0 Å². The van der Waals surface area contributed by atoms with Gasteiger partial charge >= 0.3 is 0 Å². The van der Waals surface area contributed by atoms with Gasteiger partial charge in [0, 0.05) is 26.2 Å². The van der Waals surface area contributed by atoms with Gasteiger partial charge in [-0.3, -0.25) is 4.79 Å². The molecule has 27 heavy (non-hydrogen) atoms. The third kappa shape index (κ3) is 5.71. The minimum absolute atomic E-state index is 0.0729. The van der Waals surface area contributed by atoms with Crippen LogP contribution in [0.5, 0.6) is 0 Å². The maximum atomic E-state index is 14.0. The van der Waals surface area contributed by atoms with Gasteiger partial charge in [0.15, 0.2) is 0 Å². The van der Waals surface area contributed by atoms with Crippen molar-refractivity contribution in [3.05, 3.63) is 29.6 Å². The smallest absolute Gasteiger partial charge is 0.254 e. The second kappa shape index (κ2) is 8.63. The molecule has 0 saturated carbocycles. The van der Waals surface area contributed by atoms with Crippen LogP contribution in [0.2, 0.25) is 0 Å². The highest BCUT2D eigenvalue weighted by molar-refractivity contribution is 7.89. The number of carbonyl (C=O) groups excluding carboxylic acids is 1. The first kappa shape index (κ1) is 21.7. The van der Waals surface area contributed by atoms with Crippen molar-refractivity contribution in [1.29, 1.82) is 0 Å². The summed E-state index contributed by atoms with van der Waals surface area (Å²) in [7, 11) is -7.02. The van der Waals surface area contributed by atoms with Gasteiger partial charge in [0.25, 0.3) is 5.91 Å². The minimum atomic E-state index is -3.80. The van der Waals surface area contributed by atoms with Crippen molar-refractivity contribution in [1.82, 2.24) is 14.3 Å². The molecular weight excluding hydrogens is 397 g/mol. The van der Waals surface area contributed by atoms with Crippen LogP contribution in [0.1, 0.15) is 30.1 Å². The van der Waals surface area contributed by atoms with Crippen molar-refractivity contribution in [2.24, 2.45) is 5.92 Å². The van der Waals surface area contributed by atoms with Gasteiger partial charge in [-0.2, -0.15) is 0 Å². The normalized spacial score (nSPS) is 17.0. The Morgan fingerprint density at radius 3 is 2.41 bits per heavy atom. The lowest BCUT2D eigenvalue weighted by Crippen LogP contribution is -2.41. The van der Waals surface area contributed by atoms with E-state index in [2.05, 4.69) is 10.0 Å². The first-order valence-corrected chi connectivity index (χ1v) is 11.9. The summed E-state index contributed by atoms with van der Waals surface area (Å²) in [6, 6.07) is 3.06. The van der Waals surface area contributed by atoms with Crippen molar-refractivity contribution in [2.45, 2.75) is 24.7 Å². The van der Waals surface area contributed by atoms with E-state index in [9.17, 15) is 26.0 Å². The maximum Gasteiger partial charge on any atom is 0.254 e. The molecule has 0 aromatic heterocycles. The quantitative estimate of drug-likeness (QED) is 0.667. The van der Waals surface area contributed by atoms with E-state index in [1.165, 1.54) is 4.31 Å². The first-order valence-electron chi connectivity index (χ1n) is 8.57. The van der Waals surface area contributed by atoms with Gasteiger partial charge in [-0.15, -0.1) is 0 Å². The molecule has 2 rings (SSSR count). The highest BCUT2D eigenvalue weighted by Gasteiger charge is 2.25. The lowest BCUT2D eigenvalue weighted by molar-refractivity contribution is 0.0937. The number of carbonyl (C=O) groups is 1. The number of hydrogen-bond donors (Lipinski definition) is 2. The van der Waals surface area contributed by atoms with Crippen LogP contribution in [-0.2, 0) is 20.0 Å². The van der Waals surface area contributed by atoms with Crippen LogP contribution >= 0.6 is 0 Å². The van der Waals surface area contributed by atoms with Crippen LogP contribution in [0, 0.1) is 11.7 Å². The monoisotopic (exact) mass is 421 g/mol. The largest absolute Gasteiger partial charge is 0.352 e. The summed E-state index contributed by atoms with van der Waals surface area (Å²) >= 11 is 0. The number of hydrogen-bond acceptors (Lipinski definition) is 5. The topological polar surface area (TPSA) is 113 Å². The number of piperidine rings is 1.